The maximum Gasteiger partial charge on any atom is 0.492 e. The summed E-state index contributed by atoms with van der Waals surface area (Å²) in [5.41, 5.74) is 2.60. The van der Waals surface area contributed by atoms with Gasteiger partial charge < -0.3 is 15.5 Å². The molecule has 11 nitrogen and oxygen atoms in total. The lowest BCUT2D eigenvalue weighted by Gasteiger charge is -2.08. The van der Waals surface area contributed by atoms with Crippen LogP contribution in [0.1, 0.15) is 5.56 Å². The highest BCUT2D eigenvalue weighted by Crippen LogP contribution is 2.28. The summed E-state index contributed by atoms with van der Waals surface area (Å²) in [4.78, 5) is 23.8. The molecule has 21 heavy (non-hydrogen) atoms. The van der Waals surface area contributed by atoms with Gasteiger partial charge in [-0.2, -0.15) is 4.68 Å². The third kappa shape index (κ3) is 2.95. The SMILES string of the molecule is NNc1c(Cn2nc([N+](=O)[O-])nc2Br)cccc1[N+](=O)[O-]. The Hall–Kier alpha value is -2.60. The molecule has 0 fully saturated rings. The number of hydrogen-bond donors (Lipinski definition) is 2. The van der Waals surface area contributed by atoms with Gasteiger partial charge in [-0.3, -0.25) is 16.0 Å². The van der Waals surface area contributed by atoms with Gasteiger partial charge in [-0.15, -0.1) is 0 Å². The third-order valence-corrected chi connectivity index (χ3v) is 3.16. The molecule has 2 rings (SSSR count). The second-order valence-electron chi connectivity index (χ2n) is 3.81. The maximum atomic E-state index is 10.9. The summed E-state index contributed by atoms with van der Waals surface area (Å²) in [7, 11) is 0. The average Bonchev–Trinajstić information content (AvgIpc) is 2.80. The predicted octanol–water partition coefficient (Wildman–Crippen LogP) is 1.19. The van der Waals surface area contributed by atoms with Crippen LogP contribution in [0.4, 0.5) is 17.3 Å². The molecular weight excluding hydrogens is 350 g/mol. The standard InChI is InChI=1S/C9H8BrN7O4/c10-8-12-9(17(20)21)14-15(8)4-5-2-1-3-6(16(18)19)7(5)13-11/h1-3,13H,4,11H2. The molecule has 0 aliphatic carbocycles. The van der Waals surface area contributed by atoms with E-state index >= 15 is 0 Å². The zero-order valence-corrected chi connectivity index (χ0v) is 11.8. The van der Waals surface area contributed by atoms with Gasteiger partial charge in [0, 0.05) is 32.7 Å². The quantitative estimate of drug-likeness (QED) is 0.459. The molecule has 0 spiro atoms. The number of nitro benzene ring substituents is 1. The lowest BCUT2D eigenvalue weighted by Crippen LogP contribution is -2.13. The Morgan fingerprint density at radius 1 is 1.33 bits per heavy atom. The Bertz CT molecular complexity index is 716. The first kappa shape index (κ1) is 14.8. The third-order valence-electron chi connectivity index (χ3n) is 2.57. The van der Waals surface area contributed by atoms with Crippen molar-refractivity contribution in [2.45, 2.75) is 6.54 Å². The van der Waals surface area contributed by atoms with Crippen molar-refractivity contribution in [2.24, 2.45) is 5.84 Å². The molecule has 1 aromatic carbocycles. The highest BCUT2D eigenvalue weighted by molar-refractivity contribution is 9.10. The van der Waals surface area contributed by atoms with Crippen LogP contribution in [0.25, 0.3) is 0 Å². The molecule has 1 heterocycles. The fourth-order valence-electron chi connectivity index (χ4n) is 1.69. The van der Waals surface area contributed by atoms with Crippen LogP contribution in [-0.2, 0) is 6.54 Å². The van der Waals surface area contributed by atoms with E-state index in [1.165, 1.54) is 16.8 Å². The van der Waals surface area contributed by atoms with Gasteiger partial charge >= 0.3 is 5.95 Å². The van der Waals surface area contributed by atoms with Crippen LogP contribution in [-0.4, -0.2) is 24.6 Å². The number of nitrogens with one attached hydrogen (secondary N) is 1. The van der Waals surface area contributed by atoms with Crippen LogP contribution in [0, 0.1) is 20.2 Å². The number of nitrogen functional groups attached to an aromatic ring is 1. The van der Waals surface area contributed by atoms with E-state index in [9.17, 15) is 20.2 Å². The van der Waals surface area contributed by atoms with E-state index < -0.39 is 15.8 Å². The van der Waals surface area contributed by atoms with E-state index in [1.54, 1.807) is 6.07 Å². The average molecular weight is 358 g/mol. The Labute approximate surface area is 125 Å². The van der Waals surface area contributed by atoms with E-state index in [1.807, 2.05) is 0 Å². The first-order chi connectivity index (χ1) is 9.93. The zero-order chi connectivity index (χ0) is 15.6. The number of para-hydroxylation sites is 1. The second-order valence-corrected chi connectivity index (χ2v) is 4.52. The van der Waals surface area contributed by atoms with Crippen LogP contribution in [0.15, 0.2) is 22.9 Å². The minimum Gasteiger partial charge on any atom is -0.390 e. The zero-order valence-electron chi connectivity index (χ0n) is 10.3. The fraction of sp³-hybridized carbons (Fsp3) is 0.111. The summed E-state index contributed by atoms with van der Waals surface area (Å²) in [6, 6.07) is 4.35. The lowest BCUT2D eigenvalue weighted by molar-refractivity contribution is -0.394. The molecule has 0 unspecified atom stereocenters. The first-order valence-corrected chi connectivity index (χ1v) is 6.21. The molecule has 0 aliphatic heterocycles. The number of hydrogen-bond acceptors (Lipinski definition) is 8. The molecule has 0 saturated carbocycles. The van der Waals surface area contributed by atoms with Gasteiger partial charge in [-0.1, -0.05) is 12.1 Å². The van der Waals surface area contributed by atoms with Crippen molar-refractivity contribution < 1.29 is 9.85 Å². The molecule has 0 amide bonds. The molecule has 110 valence electrons. The minimum absolute atomic E-state index is 0.0165. The molecule has 0 aliphatic rings. The molecule has 0 saturated heterocycles. The predicted molar refractivity (Wildman–Crippen MR) is 74.4 cm³/mol. The highest BCUT2D eigenvalue weighted by atomic mass is 79.9. The van der Waals surface area contributed by atoms with E-state index in [4.69, 9.17) is 5.84 Å². The number of nitro groups is 2. The van der Waals surface area contributed by atoms with Crippen molar-refractivity contribution in [3.05, 3.63) is 48.7 Å². The van der Waals surface area contributed by atoms with Gasteiger partial charge in [-0.05, 0) is 9.91 Å². The largest absolute Gasteiger partial charge is 0.492 e. The van der Waals surface area contributed by atoms with Crippen LogP contribution in [0.5, 0.6) is 0 Å². The summed E-state index contributed by atoms with van der Waals surface area (Å²) in [5, 5.41) is 25.2. The lowest BCUT2D eigenvalue weighted by atomic mass is 10.1. The molecule has 1 aromatic heterocycles. The monoisotopic (exact) mass is 357 g/mol. The number of halogens is 1. The number of benzene rings is 1. The molecule has 3 N–H and O–H groups in total. The van der Waals surface area contributed by atoms with Gasteiger partial charge in [0.2, 0.25) is 0 Å². The normalized spacial score (nSPS) is 10.4. The summed E-state index contributed by atoms with van der Waals surface area (Å²) in [6.45, 7) is 0.0165. The number of nitrogens with zero attached hydrogens (tertiary/aromatic N) is 5. The number of rotatable bonds is 5. The van der Waals surface area contributed by atoms with Crippen molar-refractivity contribution in [1.29, 1.82) is 0 Å². The van der Waals surface area contributed by atoms with Crippen molar-refractivity contribution in [2.75, 3.05) is 5.43 Å². The molecule has 12 heteroatoms. The fourth-order valence-corrected chi connectivity index (χ4v) is 2.05. The van der Waals surface area contributed by atoms with Gasteiger partial charge in [0.25, 0.3) is 10.4 Å². The molecule has 0 bridgehead atoms. The van der Waals surface area contributed by atoms with Gasteiger partial charge in [-0.25, -0.2) is 0 Å². The number of aromatic nitrogens is 3. The number of nitrogens with two attached hydrogens (primary N) is 1. The van der Waals surface area contributed by atoms with Gasteiger partial charge in [0.05, 0.1) is 11.5 Å². The van der Waals surface area contributed by atoms with Crippen LogP contribution >= 0.6 is 15.9 Å². The second kappa shape index (κ2) is 5.80. The van der Waals surface area contributed by atoms with Crippen LogP contribution in [0.3, 0.4) is 0 Å². The Morgan fingerprint density at radius 3 is 2.57 bits per heavy atom. The first-order valence-electron chi connectivity index (χ1n) is 5.41. The highest BCUT2D eigenvalue weighted by Gasteiger charge is 2.22. The van der Waals surface area contributed by atoms with Gasteiger partial charge in [0.1, 0.15) is 5.69 Å². The number of hydrazine groups is 1. The Morgan fingerprint density at radius 2 is 2.05 bits per heavy atom. The van der Waals surface area contributed by atoms with Crippen LogP contribution in [0.2, 0.25) is 0 Å². The summed E-state index contributed by atoms with van der Waals surface area (Å²) >= 11 is 3.04. The Balaban J connectivity index is 2.42. The molecule has 0 radical (unpaired) electrons. The minimum atomic E-state index is -0.739. The Kier molecular flexibility index (Phi) is 4.09. The smallest absolute Gasteiger partial charge is 0.390 e. The summed E-state index contributed by atoms with van der Waals surface area (Å²) in [5.74, 6) is 4.74. The van der Waals surface area contributed by atoms with E-state index in [2.05, 4.69) is 31.4 Å². The van der Waals surface area contributed by atoms with E-state index in [0.717, 1.165) is 0 Å². The molecular formula is C9H8BrN7O4. The topological polar surface area (TPSA) is 155 Å². The molecule has 2 aromatic rings. The summed E-state index contributed by atoms with van der Waals surface area (Å²) in [6.07, 6.45) is 0. The number of anilines is 1. The van der Waals surface area contributed by atoms with E-state index in [0.29, 0.717) is 5.56 Å². The van der Waals surface area contributed by atoms with Crippen molar-refractivity contribution in [1.82, 2.24) is 14.8 Å². The van der Waals surface area contributed by atoms with Gasteiger partial charge in [0.15, 0.2) is 0 Å². The van der Waals surface area contributed by atoms with Crippen LogP contribution < -0.4 is 11.3 Å². The van der Waals surface area contributed by atoms with Crippen molar-refractivity contribution in [3.8, 4) is 0 Å². The van der Waals surface area contributed by atoms with E-state index in [-0.39, 0.29) is 22.7 Å². The summed E-state index contributed by atoms with van der Waals surface area (Å²) < 4.78 is 1.32. The molecule has 0 atom stereocenters. The maximum absolute atomic E-state index is 10.9. The van der Waals surface area contributed by atoms with Crippen molar-refractivity contribution in [3.63, 3.8) is 0 Å². The van der Waals surface area contributed by atoms with Crippen molar-refractivity contribution >= 4 is 33.3 Å².